The Kier molecular flexibility index (Phi) is 3.75. The lowest BCUT2D eigenvalue weighted by atomic mass is 10.0. The molecule has 0 amide bonds. The fourth-order valence-corrected chi connectivity index (χ4v) is 1.82. The molecule has 0 fully saturated rings. The summed E-state index contributed by atoms with van der Waals surface area (Å²) < 4.78 is 1.85. The first kappa shape index (κ1) is 10.5. The maximum absolute atomic E-state index is 6.02. The Morgan fingerprint density at radius 3 is 2.85 bits per heavy atom. The van der Waals surface area contributed by atoms with Crippen LogP contribution in [0.2, 0.25) is 5.02 Å². The largest absolute Gasteiger partial charge is 0.320 e. The van der Waals surface area contributed by atoms with Gasteiger partial charge in [-0.2, -0.15) is 5.10 Å². The molecule has 0 radical (unpaired) electrons. The highest BCUT2D eigenvalue weighted by Crippen LogP contribution is 2.25. The summed E-state index contributed by atoms with van der Waals surface area (Å²) in [5.74, 6) is 0.451. The molecule has 0 spiro atoms. The minimum atomic E-state index is 0.451. The van der Waals surface area contributed by atoms with Crippen LogP contribution in [0.1, 0.15) is 25.0 Å². The van der Waals surface area contributed by atoms with E-state index in [0.717, 1.165) is 23.7 Å². The van der Waals surface area contributed by atoms with E-state index in [0.29, 0.717) is 5.92 Å². The molecule has 0 aliphatic heterocycles. The zero-order valence-electron chi connectivity index (χ0n) is 8.34. The molecular formula is C9H16ClN3. The van der Waals surface area contributed by atoms with E-state index in [1.165, 1.54) is 0 Å². The normalized spacial score (nSPS) is 13.2. The number of rotatable bonds is 4. The quantitative estimate of drug-likeness (QED) is 0.805. The third-order valence-corrected chi connectivity index (χ3v) is 2.52. The molecule has 0 aliphatic rings. The maximum atomic E-state index is 6.02. The van der Waals surface area contributed by atoms with Gasteiger partial charge in [0, 0.05) is 13.0 Å². The first-order valence-electron chi connectivity index (χ1n) is 4.48. The molecule has 1 N–H and O–H groups in total. The highest BCUT2D eigenvalue weighted by atomic mass is 35.5. The van der Waals surface area contributed by atoms with E-state index in [2.05, 4.69) is 17.3 Å². The van der Waals surface area contributed by atoms with E-state index in [4.69, 9.17) is 11.6 Å². The number of nitrogens with zero attached hydrogens (tertiary/aromatic N) is 2. The molecule has 1 aromatic rings. The second-order valence-corrected chi connectivity index (χ2v) is 3.70. The van der Waals surface area contributed by atoms with Crippen molar-refractivity contribution in [3.8, 4) is 0 Å². The van der Waals surface area contributed by atoms with Gasteiger partial charge in [-0.15, -0.1) is 0 Å². The van der Waals surface area contributed by atoms with Crippen LogP contribution in [-0.2, 0) is 7.05 Å². The Hall–Kier alpha value is -0.540. The lowest BCUT2D eigenvalue weighted by molar-refractivity contribution is 0.582. The lowest BCUT2D eigenvalue weighted by Gasteiger charge is -2.11. The van der Waals surface area contributed by atoms with E-state index in [-0.39, 0.29) is 0 Å². The SMILES string of the molecule is CNCCC(C)c1c(Cl)cnn1C. The molecule has 3 nitrogen and oxygen atoms in total. The average molecular weight is 202 g/mol. The predicted molar refractivity (Wildman–Crippen MR) is 55.2 cm³/mol. The molecule has 1 heterocycles. The van der Waals surface area contributed by atoms with Crippen molar-refractivity contribution in [3.63, 3.8) is 0 Å². The van der Waals surface area contributed by atoms with Crippen molar-refractivity contribution in [2.45, 2.75) is 19.3 Å². The van der Waals surface area contributed by atoms with Crippen LogP contribution in [0.4, 0.5) is 0 Å². The topological polar surface area (TPSA) is 29.9 Å². The van der Waals surface area contributed by atoms with Gasteiger partial charge >= 0.3 is 0 Å². The summed E-state index contributed by atoms with van der Waals surface area (Å²) in [5, 5.41) is 8.01. The Morgan fingerprint density at radius 2 is 2.38 bits per heavy atom. The third-order valence-electron chi connectivity index (χ3n) is 2.23. The Balaban J connectivity index is 2.69. The molecule has 13 heavy (non-hydrogen) atoms. The summed E-state index contributed by atoms with van der Waals surface area (Å²) >= 11 is 6.02. The Bertz CT molecular complexity index is 250. The smallest absolute Gasteiger partial charge is 0.0820 e. The first-order chi connectivity index (χ1) is 6.16. The molecule has 0 bridgehead atoms. The second kappa shape index (κ2) is 4.63. The Morgan fingerprint density at radius 1 is 1.69 bits per heavy atom. The van der Waals surface area contributed by atoms with Crippen molar-refractivity contribution >= 4 is 11.6 Å². The van der Waals surface area contributed by atoms with Gasteiger partial charge in [0.2, 0.25) is 0 Å². The van der Waals surface area contributed by atoms with Crippen LogP contribution in [-0.4, -0.2) is 23.4 Å². The highest BCUT2D eigenvalue weighted by Gasteiger charge is 2.13. The van der Waals surface area contributed by atoms with Crippen LogP contribution in [0, 0.1) is 0 Å². The number of nitrogens with one attached hydrogen (secondary N) is 1. The van der Waals surface area contributed by atoms with Crippen molar-refractivity contribution in [3.05, 3.63) is 16.9 Å². The number of aryl methyl sites for hydroxylation is 1. The number of aromatic nitrogens is 2. The van der Waals surface area contributed by atoms with Crippen LogP contribution in [0.3, 0.4) is 0 Å². The van der Waals surface area contributed by atoms with Gasteiger partial charge in [0.05, 0.1) is 16.9 Å². The monoisotopic (exact) mass is 201 g/mol. The zero-order valence-corrected chi connectivity index (χ0v) is 9.10. The van der Waals surface area contributed by atoms with Crippen molar-refractivity contribution in [1.82, 2.24) is 15.1 Å². The molecule has 0 aromatic carbocycles. The summed E-state index contributed by atoms with van der Waals surface area (Å²) in [6.07, 6.45) is 2.78. The number of halogens is 1. The third kappa shape index (κ3) is 2.45. The molecule has 1 rings (SSSR count). The van der Waals surface area contributed by atoms with E-state index in [9.17, 15) is 0 Å². The van der Waals surface area contributed by atoms with Crippen molar-refractivity contribution in [2.75, 3.05) is 13.6 Å². The van der Waals surface area contributed by atoms with Gasteiger partial charge in [-0.05, 0) is 20.0 Å². The fourth-order valence-electron chi connectivity index (χ4n) is 1.47. The Labute approximate surface area is 84.1 Å². The lowest BCUT2D eigenvalue weighted by Crippen LogP contribution is -2.12. The van der Waals surface area contributed by atoms with Crippen LogP contribution in [0.5, 0.6) is 0 Å². The molecule has 1 atom stereocenters. The fraction of sp³-hybridized carbons (Fsp3) is 0.667. The molecule has 0 saturated carbocycles. The molecule has 1 unspecified atom stereocenters. The number of hydrogen-bond donors (Lipinski definition) is 1. The summed E-state index contributed by atoms with van der Waals surface area (Å²) in [5.41, 5.74) is 1.12. The van der Waals surface area contributed by atoms with Gasteiger partial charge < -0.3 is 5.32 Å². The van der Waals surface area contributed by atoms with Gasteiger partial charge in [-0.25, -0.2) is 0 Å². The standard InChI is InChI=1S/C9H16ClN3/c1-7(4-5-11-2)9-8(10)6-12-13(9)3/h6-7,11H,4-5H2,1-3H3. The van der Waals surface area contributed by atoms with Gasteiger partial charge in [0.25, 0.3) is 0 Å². The van der Waals surface area contributed by atoms with Gasteiger partial charge in [0.15, 0.2) is 0 Å². The first-order valence-corrected chi connectivity index (χ1v) is 4.86. The number of hydrogen-bond acceptors (Lipinski definition) is 2. The van der Waals surface area contributed by atoms with Crippen molar-refractivity contribution in [2.24, 2.45) is 7.05 Å². The second-order valence-electron chi connectivity index (χ2n) is 3.29. The maximum Gasteiger partial charge on any atom is 0.0820 e. The molecule has 0 aliphatic carbocycles. The summed E-state index contributed by atoms with van der Waals surface area (Å²) in [7, 11) is 3.88. The van der Waals surface area contributed by atoms with E-state index < -0.39 is 0 Å². The van der Waals surface area contributed by atoms with Crippen molar-refractivity contribution < 1.29 is 0 Å². The molecule has 74 valence electrons. The minimum Gasteiger partial charge on any atom is -0.320 e. The minimum absolute atomic E-state index is 0.451. The van der Waals surface area contributed by atoms with Gasteiger partial charge in [-0.1, -0.05) is 18.5 Å². The van der Waals surface area contributed by atoms with Crippen molar-refractivity contribution in [1.29, 1.82) is 0 Å². The summed E-state index contributed by atoms with van der Waals surface area (Å²) in [6.45, 7) is 3.17. The predicted octanol–water partition coefficient (Wildman–Crippen LogP) is 1.79. The van der Waals surface area contributed by atoms with Crippen LogP contribution < -0.4 is 5.32 Å². The zero-order chi connectivity index (χ0) is 9.84. The van der Waals surface area contributed by atoms with Crippen LogP contribution in [0.15, 0.2) is 6.20 Å². The van der Waals surface area contributed by atoms with Gasteiger partial charge in [0.1, 0.15) is 0 Å². The van der Waals surface area contributed by atoms with E-state index >= 15 is 0 Å². The molecule has 4 heteroatoms. The highest BCUT2D eigenvalue weighted by molar-refractivity contribution is 6.31. The summed E-state index contributed by atoms with van der Waals surface area (Å²) in [6, 6.07) is 0. The van der Waals surface area contributed by atoms with Gasteiger partial charge in [-0.3, -0.25) is 4.68 Å². The van der Waals surface area contributed by atoms with Crippen LogP contribution >= 0.6 is 11.6 Å². The summed E-state index contributed by atoms with van der Waals surface area (Å²) in [4.78, 5) is 0. The van der Waals surface area contributed by atoms with E-state index in [1.807, 2.05) is 18.8 Å². The molecule has 1 aromatic heterocycles. The van der Waals surface area contributed by atoms with Crippen LogP contribution in [0.25, 0.3) is 0 Å². The molecular weight excluding hydrogens is 186 g/mol. The van der Waals surface area contributed by atoms with E-state index in [1.54, 1.807) is 6.20 Å². The molecule has 0 saturated heterocycles. The average Bonchev–Trinajstić information content (AvgIpc) is 2.42.